The molecule has 0 N–H and O–H groups in total. The van der Waals surface area contributed by atoms with Crippen molar-refractivity contribution in [2.75, 3.05) is 37.6 Å². The summed E-state index contributed by atoms with van der Waals surface area (Å²) in [7, 11) is 0. The fourth-order valence-electron chi connectivity index (χ4n) is 2.47. The minimum atomic E-state index is -0.765. The second-order valence-electron chi connectivity index (χ2n) is 4.69. The number of halogens is 1. The fraction of sp³-hybridized carbons (Fsp3) is 0.538. The summed E-state index contributed by atoms with van der Waals surface area (Å²) >= 11 is 0. The fourth-order valence-corrected chi connectivity index (χ4v) is 2.47. The minimum absolute atomic E-state index is 0.390. The highest BCUT2D eigenvalue weighted by Crippen LogP contribution is 2.31. The molecule has 2 rings (SSSR count). The molecule has 1 saturated heterocycles. The van der Waals surface area contributed by atoms with E-state index in [-0.39, 0.29) is 0 Å². The minimum Gasteiger partial charge on any atom is -0.363 e. The highest BCUT2D eigenvalue weighted by molar-refractivity contribution is 5.64. The van der Waals surface area contributed by atoms with Crippen molar-refractivity contribution in [2.45, 2.75) is 13.3 Å². The molecule has 1 aliphatic rings. The van der Waals surface area contributed by atoms with Crippen LogP contribution >= 0.6 is 0 Å². The molecular weight excluding hydrogens is 249 g/mol. The summed E-state index contributed by atoms with van der Waals surface area (Å²) in [5.74, 6) is -0.765. The largest absolute Gasteiger partial charge is 0.363 e. The predicted molar refractivity (Wildman–Crippen MR) is 72.0 cm³/mol. The van der Waals surface area contributed by atoms with Crippen molar-refractivity contribution in [3.8, 4) is 0 Å². The third-order valence-corrected chi connectivity index (χ3v) is 3.40. The van der Waals surface area contributed by atoms with Gasteiger partial charge < -0.3 is 4.90 Å². The first-order chi connectivity index (χ1) is 9.13. The maximum Gasteiger partial charge on any atom is 0.327 e. The Morgan fingerprint density at radius 3 is 2.58 bits per heavy atom. The first-order valence-electron chi connectivity index (χ1n) is 6.53. The van der Waals surface area contributed by atoms with Crippen LogP contribution in [0.3, 0.4) is 0 Å². The molecule has 1 aliphatic heterocycles. The Balaban J connectivity index is 2.15. The lowest BCUT2D eigenvalue weighted by atomic mass is 10.2. The zero-order chi connectivity index (χ0) is 13.8. The lowest BCUT2D eigenvalue weighted by Gasteiger charge is -2.35. The smallest absolute Gasteiger partial charge is 0.327 e. The number of para-hydroxylation sites is 1. The van der Waals surface area contributed by atoms with E-state index in [1.165, 1.54) is 6.07 Å². The zero-order valence-electron chi connectivity index (χ0n) is 11.0. The van der Waals surface area contributed by atoms with Gasteiger partial charge in [-0.15, -0.1) is 0 Å². The Hall–Kier alpha value is -1.69. The third kappa shape index (κ3) is 3.01. The van der Waals surface area contributed by atoms with Crippen molar-refractivity contribution >= 4 is 11.4 Å². The van der Waals surface area contributed by atoms with Gasteiger partial charge in [-0.05, 0) is 25.1 Å². The standard InChI is InChI=1S/C13H18FN3O2/c1-2-6-15-7-9-16(10-8-15)12-5-3-4-11(14)13(12)17(18)19/h3-5H,2,6-10H2,1H3. The normalized spacial score (nSPS) is 16.6. The quantitative estimate of drug-likeness (QED) is 0.620. The molecule has 1 aromatic carbocycles. The molecule has 0 aromatic heterocycles. The van der Waals surface area contributed by atoms with Crippen LogP contribution in [0.1, 0.15) is 13.3 Å². The Morgan fingerprint density at radius 1 is 1.32 bits per heavy atom. The van der Waals surface area contributed by atoms with E-state index in [2.05, 4.69) is 11.8 Å². The number of piperazine rings is 1. The van der Waals surface area contributed by atoms with E-state index in [1.807, 2.05) is 4.90 Å². The molecule has 0 unspecified atom stereocenters. The summed E-state index contributed by atoms with van der Waals surface area (Å²) in [5, 5.41) is 11.0. The Kier molecular flexibility index (Phi) is 4.31. The summed E-state index contributed by atoms with van der Waals surface area (Å²) in [6.07, 6.45) is 1.10. The van der Waals surface area contributed by atoms with Crippen LogP contribution in [0.5, 0.6) is 0 Å². The highest BCUT2D eigenvalue weighted by Gasteiger charge is 2.26. The SMILES string of the molecule is CCCN1CCN(c2cccc(F)c2[N+](=O)[O-])CC1. The van der Waals surface area contributed by atoms with E-state index in [0.717, 1.165) is 32.1 Å². The van der Waals surface area contributed by atoms with E-state index in [9.17, 15) is 14.5 Å². The van der Waals surface area contributed by atoms with Gasteiger partial charge in [0, 0.05) is 26.2 Å². The first kappa shape index (κ1) is 13.7. The van der Waals surface area contributed by atoms with Crippen LogP contribution in [0.2, 0.25) is 0 Å². The van der Waals surface area contributed by atoms with E-state index >= 15 is 0 Å². The van der Waals surface area contributed by atoms with Crippen molar-refractivity contribution < 1.29 is 9.31 Å². The van der Waals surface area contributed by atoms with Crippen LogP contribution < -0.4 is 4.90 Å². The number of nitro groups is 1. The zero-order valence-corrected chi connectivity index (χ0v) is 11.0. The van der Waals surface area contributed by atoms with E-state index in [1.54, 1.807) is 6.07 Å². The molecule has 1 fully saturated rings. The van der Waals surface area contributed by atoms with Gasteiger partial charge in [-0.1, -0.05) is 13.0 Å². The van der Waals surface area contributed by atoms with Crippen LogP contribution in [-0.2, 0) is 0 Å². The molecule has 5 nitrogen and oxygen atoms in total. The molecule has 0 aliphatic carbocycles. The van der Waals surface area contributed by atoms with Gasteiger partial charge in [-0.3, -0.25) is 15.0 Å². The number of hydrogen-bond acceptors (Lipinski definition) is 4. The lowest BCUT2D eigenvalue weighted by molar-refractivity contribution is -0.386. The van der Waals surface area contributed by atoms with E-state index < -0.39 is 16.4 Å². The molecule has 0 bridgehead atoms. The second-order valence-corrected chi connectivity index (χ2v) is 4.69. The third-order valence-electron chi connectivity index (χ3n) is 3.40. The van der Waals surface area contributed by atoms with Gasteiger partial charge in [0.2, 0.25) is 5.82 Å². The molecular formula is C13H18FN3O2. The Morgan fingerprint density at radius 2 is 2.00 bits per heavy atom. The van der Waals surface area contributed by atoms with Crippen molar-refractivity contribution in [2.24, 2.45) is 0 Å². The molecule has 19 heavy (non-hydrogen) atoms. The van der Waals surface area contributed by atoms with Crippen LogP contribution in [0, 0.1) is 15.9 Å². The van der Waals surface area contributed by atoms with Gasteiger partial charge in [-0.25, -0.2) is 0 Å². The lowest BCUT2D eigenvalue weighted by Crippen LogP contribution is -2.46. The van der Waals surface area contributed by atoms with Crippen LogP contribution in [0.4, 0.5) is 15.8 Å². The molecule has 1 heterocycles. The van der Waals surface area contributed by atoms with Crippen LogP contribution in [0.25, 0.3) is 0 Å². The number of nitro benzene ring substituents is 1. The predicted octanol–water partition coefficient (Wildman–Crippen LogP) is 2.27. The maximum atomic E-state index is 13.6. The van der Waals surface area contributed by atoms with Crippen LogP contribution in [-0.4, -0.2) is 42.5 Å². The summed E-state index contributed by atoms with van der Waals surface area (Å²) in [5.41, 5.74) is -0.0208. The number of anilines is 1. The summed E-state index contributed by atoms with van der Waals surface area (Å²) in [4.78, 5) is 14.6. The van der Waals surface area contributed by atoms with E-state index in [4.69, 9.17) is 0 Å². The van der Waals surface area contributed by atoms with Gasteiger partial charge in [-0.2, -0.15) is 4.39 Å². The maximum absolute atomic E-state index is 13.6. The number of hydrogen-bond donors (Lipinski definition) is 0. The molecule has 0 atom stereocenters. The molecule has 104 valence electrons. The average Bonchev–Trinajstić information content (AvgIpc) is 2.39. The van der Waals surface area contributed by atoms with Gasteiger partial charge >= 0.3 is 5.69 Å². The number of benzene rings is 1. The molecule has 6 heteroatoms. The second kappa shape index (κ2) is 5.97. The van der Waals surface area contributed by atoms with Crippen molar-refractivity contribution in [3.05, 3.63) is 34.1 Å². The van der Waals surface area contributed by atoms with Gasteiger partial charge in [0.1, 0.15) is 5.69 Å². The first-order valence-corrected chi connectivity index (χ1v) is 6.53. The van der Waals surface area contributed by atoms with Gasteiger partial charge in [0.25, 0.3) is 0 Å². The van der Waals surface area contributed by atoms with Crippen LogP contribution in [0.15, 0.2) is 18.2 Å². The number of rotatable bonds is 4. The summed E-state index contributed by atoms with van der Waals surface area (Å²) in [6.45, 7) is 6.29. The number of nitrogens with zero attached hydrogens (tertiary/aromatic N) is 3. The van der Waals surface area contributed by atoms with Crippen molar-refractivity contribution in [3.63, 3.8) is 0 Å². The van der Waals surface area contributed by atoms with Crippen molar-refractivity contribution in [1.29, 1.82) is 0 Å². The van der Waals surface area contributed by atoms with E-state index in [0.29, 0.717) is 18.8 Å². The van der Waals surface area contributed by atoms with Gasteiger partial charge in [0.15, 0.2) is 0 Å². The summed E-state index contributed by atoms with van der Waals surface area (Å²) < 4.78 is 13.6. The monoisotopic (exact) mass is 267 g/mol. The van der Waals surface area contributed by atoms with Gasteiger partial charge in [0.05, 0.1) is 4.92 Å². The Labute approximate surface area is 111 Å². The molecule has 0 radical (unpaired) electrons. The summed E-state index contributed by atoms with van der Waals surface area (Å²) in [6, 6.07) is 4.28. The highest BCUT2D eigenvalue weighted by atomic mass is 19.1. The molecule has 1 aromatic rings. The molecule has 0 amide bonds. The van der Waals surface area contributed by atoms with Crippen molar-refractivity contribution in [1.82, 2.24) is 4.90 Å². The molecule has 0 spiro atoms. The topological polar surface area (TPSA) is 49.6 Å². The molecule has 0 saturated carbocycles. The average molecular weight is 267 g/mol. The Bertz CT molecular complexity index is 459.